The second-order valence-electron chi connectivity index (χ2n) is 8.63. The number of fused-ring (bicyclic) bond motifs is 4. The van der Waals surface area contributed by atoms with Crippen LogP contribution in [0.3, 0.4) is 0 Å². The van der Waals surface area contributed by atoms with E-state index in [2.05, 4.69) is 39.5 Å². The SMILES string of the molecule is Clc1cc2cc(c1)CNC1CCCC[C@H]1NCCN[C@@H]1CCCCC1NC2. The lowest BCUT2D eigenvalue weighted by Crippen LogP contribution is -2.53. The number of benzene rings is 1. The molecule has 5 heteroatoms. The highest BCUT2D eigenvalue weighted by molar-refractivity contribution is 6.30. The van der Waals surface area contributed by atoms with Crippen molar-refractivity contribution in [1.29, 1.82) is 0 Å². The normalized spacial score (nSPS) is 33.2. The number of rotatable bonds is 0. The topological polar surface area (TPSA) is 48.1 Å². The Kier molecular flexibility index (Phi) is 7.07. The van der Waals surface area contributed by atoms with Gasteiger partial charge in [-0.05, 0) is 48.9 Å². The van der Waals surface area contributed by atoms with Crippen LogP contribution in [0.1, 0.15) is 62.5 Å². The van der Waals surface area contributed by atoms with E-state index >= 15 is 0 Å². The monoisotopic (exact) mass is 390 g/mol. The molecule has 2 saturated carbocycles. The average Bonchev–Trinajstić information content (AvgIpc) is 2.69. The maximum atomic E-state index is 6.43. The summed E-state index contributed by atoms with van der Waals surface area (Å²) in [4.78, 5) is 0. The van der Waals surface area contributed by atoms with Crippen LogP contribution in [0, 0.1) is 0 Å². The molecule has 1 heterocycles. The third-order valence-electron chi connectivity index (χ3n) is 6.62. The Balaban J connectivity index is 1.51. The maximum absolute atomic E-state index is 6.43. The van der Waals surface area contributed by atoms with E-state index in [1.807, 2.05) is 0 Å². The lowest BCUT2D eigenvalue weighted by atomic mass is 9.89. The van der Waals surface area contributed by atoms with Gasteiger partial charge in [-0.25, -0.2) is 0 Å². The van der Waals surface area contributed by atoms with Crippen molar-refractivity contribution < 1.29 is 0 Å². The van der Waals surface area contributed by atoms with E-state index in [-0.39, 0.29) is 0 Å². The highest BCUT2D eigenvalue weighted by Crippen LogP contribution is 2.22. The van der Waals surface area contributed by atoms with Crippen LogP contribution >= 0.6 is 11.6 Å². The molecule has 2 unspecified atom stereocenters. The number of hydrogen-bond acceptors (Lipinski definition) is 4. The Labute approximate surface area is 169 Å². The first-order valence-corrected chi connectivity index (χ1v) is 11.4. The molecule has 4 rings (SSSR count). The molecule has 0 radical (unpaired) electrons. The standard InChI is InChI=1S/C22H35ClN4/c23-18-12-16-11-17(13-18)15-27-22-8-4-2-6-20(22)25-10-9-24-19-5-1-3-7-21(19)26-14-16/h11-13,19-22,24-27H,1-10,14-15H2/t19-,20-,21?,22?/m1/s1. The molecule has 1 aromatic carbocycles. The summed E-state index contributed by atoms with van der Waals surface area (Å²) in [5, 5.41) is 16.2. The van der Waals surface area contributed by atoms with Crippen molar-refractivity contribution in [2.75, 3.05) is 13.1 Å². The van der Waals surface area contributed by atoms with Crippen LogP contribution in [0.4, 0.5) is 0 Å². The van der Waals surface area contributed by atoms with Gasteiger partial charge in [0.05, 0.1) is 0 Å². The summed E-state index contributed by atoms with van der Waals surface area (Å²) in [6.07, 6.45) is 10.5. The minimum Gasteiger partial charge on any atom is -0.311 e. The Morgan fingerprint density at radius 3 is 1.44 bits per heavy atom. The first-order chi connectivity index (χ1) is 13.3. The second kappa shape index (κ2) is 9.71. The minimum absolute atomic E-state index is 0.562. The highest BCUT2D eigenvalue weighted by atomic mass is 35.5. The smallest absolute Gasteiger partial charge is 0.0412 e. The van der Waals surface area contributed by atoms with Gasteiger partial charge in [-0.1, -0.05) is 43.4 Å². The molecule has 1 aliphatic heterocycles. The first-order valence-electron chi connectivity index (χ1n) is 11.0. The predicted octanol–water partition coefficient (Wildman–Crippen LogP) is 3.33. The van der Waals surface area contributed by atoms with E-state index in [1.165, 1.54) is 62.5 Å². The molecule has 4 N–H and O–H groups in total. The molecule has 4 atom stereocenters. The Morgan fingerprint density at radius 1 is 0.593 bits per heavy atom. The van der Waals surface area contributed by atoms with E-state index < -0.39 is 0 Å². The zero-order chi connectivity index (χ0) is 18.5. The molecule has 3 aliphatic rings. The fourth-order valence-electron chi connectivity index (χ4n) is 5.17. The Morgan fingerprint density at radius 2 is 1.00 bits per heavy atom. The predicted molar refractivity (Wildman–Crippen MR) is 113 cm³/mol. The largest absolute Gasteiger partial charge is 0.311 e. The Hall–Kier alpha value is -0.650. The lowest BCUT2D eigenvalue weighted by Gasteiger charge is -2.35. The third kappa shape index (κ3) is 5.45. The van der Waals surface area contributed by atoms with Gasteiger partial charge in [-0.15, -0.1) is 0 Å². The summed E-state index contributed by atoms with van der Waals surface area (Å²) in [6, 6.07) is 8.86. The molecular formula is C22H35ClN4. The lowest BCUT2D eigenvalue weighted by molar-refractivity contribution is 0.266. The van der Waals surface area contributed by atoms with Gasteiger partial charge < -0.3 is 21.3 Å². The summed E-state index contributed by atoms with van der Waals surface area (Å²) in [7, 11) is 0. The van der Waals surface area contributed by atoms with Crippen molar-refractivity contribution in [2.24, 2.45) is 0 Å². The van der Waals surface area contributed by atoms with Crippen molar-refractivity contribution in [1.82, 2.24) is 21.3 Å². The van der Waals surface area contributed by atoms with Crippen LogP contribution < -0.4 is 21.3 Å². The summed E-state index contributed by atoms with van der Waals surface area (Å²) >= 11 is 6.43. The molecule has 27 heavy (non-hydrogen) atoms. The molecule has 2 fully saturated rings. The average molecular weight is 391 g/mol. The van der Waals surface area contributed by atoms with Gasteiger partial charge in [0.25, 0.3) is 0 Å². The molecule has 4 nitrogen and oxygen atoms in total. The molecule has 0 aromatic heterocycles. The van der Waals surface area contributed by atoms with E-state index in [4.69, 9.17) is 11.6 Å². The molecule has 2 aliphatic carbocycles. The summed E-state index contributed by atoms with van der Waals surface area (Å²) in [6.45, 7) is 3.93. The molecule has 2 bridgehead atoms. The van der Waals surface area contributed by atoms with Gasteiger partial charge in [0.15, 0.2) is 0 Å². The second-order valence-corrected chi connectivity index (χ2v) is 9.07. The quantitative estimate of drug-likeness (QED) is 0.548. The molecule has 0 spiro atoms. The van der Waals surface area contributed by atoms with E-state index in [1.54, 1.807) is 0 Å². The van der Waals surface area contributed by atoms with Crippen molar-refractivity contribution >= 4 is 11.6 Å². The van der Waals surface area contributed by atoms with E-state index in [9.17, 15) is 0 Å². The van der Waals surface area contributed by atoms with Crippen LogP contribution in [-0.2, 0) is 13.1 Å². The molecular weight excluding hydrogens is 356 g/mol. The van der Waals surface area contributed by atoms with Crippen LogP contribution in [0.5, 0.6) is 0 Å². The maximum Gasteiger partial charge on any atom is 0.0412 e. The van der Waals surface area contributed by atoms with Crippen molar-refractivity contribution in [2.45, 2.75) is 88.6 Å². The number of nitrogens with one attached hydrogen (secondary N) is 4. The highest BCUT2D eigenvalue weighted by Gasteiger charge is 2.26. The molecule has 0 amide bonds. The van der Waals surface area contributed by atoms with E-state index in [0.717, 1.165) is 31.2 Å². The van der Waals surface area contributed by atoms with Gasteiger partial charge in [-0.2, -0.15) is 0 Å². The number of halogens is 1. The van der Waals surface area contributed by atoms with Crippen molar-refractivity contribution in [3.63, 3.8) is 0 Å². The summed E-state index contributed by atoms with van der Waals surface area (Å²) < 4.78 is 0. The zero-order valence-electron chi connectivity index (χ0n) is 16.4. The summed E-state index contributed by atoms with van der Waals surface area (Å²) in [5.41, 5.74) is 2.61. The minimum atomic E-state index is 0.562. The molecule has 0 saturated heterocycles. The molecule has 1 aromatic rings. The van der Waals surface area contributed by atoms with Gasteiger partial charge >= 0.3 is 0 Å². The fourth-order valence-corrected chi connectivity index (χ4v) is 5.45. The van der Waals surface area contributed by atoms with Crippen LogP contribution in [0.2, 0.25) is 5.02 Å². The Bertz CT molecular complexity index is 560. The first kappa shape index (κ1) is 19.7. The van der Waals surface area contributed by atoms with Crippen LogP contribution in [0.25, 0.3) is 0 Å². The van der Waals surface area contributed by atoms with Gasteiger partial charge in [0.2, 0.25) is 0 Å². The fraction of sp³-hybridized carbons (Fsp3) is 0.727. The van der Waals surface area contributed by atoms with Gasteiger partial charge in [0.1, 0.15) is 0 Å². The zero-order valence-corrected chi connectivity index (χ0v) is 17.2. The van der Waals surface area contributed by atoms with Crippen molar-refractivity contribution in [3.05, 3.63) is 34.3 Å². The molecule has 150 valence electrons. The van der Waals surface area contributed by atoms with E-state index in [0.29, 0.717) is 24.2 Å². The number of hydrogen-bond donors (Lipinski definition) is 4. The van der Waals surface area contributed by atoms with Crippen LogP contribution in [-0.4, -0.2) is 37.3 Å². The third-order valence-corrected chi connectivity index (χ3v) is 6.84. The van der Waals surface area contributed by atoms with Gasteiger partial charge in [0, 0.05) is 55.4 Å². The summed E-state index contributed by atoms with van der Waals surface area (Å²) in [5.74, 6) is 0. The van der Waals surface area contributed by atoms with Crippen molar-refractivity contribution in [3.8, 4) is 0 Å². The van der Waals surface area contributed by atoms with Gasteiger partial charge in [-0.3, -0.25) is 0 Å². The van der Waals surface area contributed by atoms with Crippen LogP contribution in [0.15, 0.2) is 18.2 Å².